The number of hydrogen-bond donors (Lipinski definition) is 2. The van der Waals surface area contributed by atoms with Crippen molar-refractivity contribution in [3.8, 4) is 17.0 Å². The van der Waals surface area contributed by atoms with Gasteiger partial charge in [-0.05, 0) is 76.1 Å². The molecule has 3 heterocycles. The SMILES string of the molecule is CNC1C(=O)N2C(C(=O)OC(C)(C)C)=C(COC(C)=O)CSC12.O=CCOc1ccc2c(c1)CCc1c-2[nH]c2cc([N+](=O)[O-])ccc12. The molecule has 14 heteroatoms. The van der Waals surface area contributed by atoms with Gasteiger partial charge in [0.05, 0.1) is 10.4 Å². The molecule has 6 rings (SSSR count). The molecule has 0 spiro atoms. The molecule has 2 aliphatic heterocycles. The van der Waals surface area contributed by atoms with E-state index in [1.54, 1.807) is 40.0 Å². The minimum absolute atomic E-state index is 0.0162. The third-order valence-electron chi connectivity index (χ3n) is 7.81. The highest BCUT2D eigenvalue weighted by Crippen LogP contribution is 2.41. The van der Waals surface area contributed by atoms with Gasteiger partial charge in [0.2, 0.25) is 5.91 Å². The van der Waals surface area contributed by atoms with Crippen LogP contribution in [0.2, 0.25) is 0 Å². The van der Waals surface area contributed by atoms with Gasteiger partial charge in [-0.3, -0.25) is 29.4 Å². The van der Waals surface area contributed by atoms with Crippen LogP contribution in [0.1, 0.15) is 38.8 Å². The molecule has 13 nitrogen and oxygen atoms in total. The number of nitrogens with zero attached hydrogens (tertiary/aromatic N) is 2. The van der Waals surface area contributed by atoms with E-state index in [0.717, 1.165) is 46.9 Å². The summed E-state index contributed by atoms with van der Waals surface area (Å²) in [5, 5.41) is 14.8. The predicted octanol–water partition coefficient (Wildman–Crippen LogP) is 4.07. The van der Waals surface area contributed by atoms with Crippen molar-refractivity contribution in [3.05, 3.63) is 68.9 Å². The van der Waals surface area contributed by atoms with Gasteiger partial charge in [0.15, 0.2) is 6.29 Å². The van der Waals surface area contributed by atoms with Crippen molar-refractivity contribution in [2.45, 2.75) is 57.6 Å². The second-order valence-corrected chi connectivity index (χ2v) is 13.3. The van der Waals surface area contributed by atoms with Crippen molar-refractivity contribution in [2.75, 3.05) is 26.0 Å². The number of ether oxygens (including phenoxy) is 3. The number of fused-ring (bicyclic) bond motifs is 6. The normalized spacial score (nSPS) is 18.1. The van der Waals surface area contributed by atoms with E-state index in [1.807, 2.05) is 24.3 Å². The average Bonchev–Trinajstić information content (AvgIpc) is 3.40. The number of carbonyl (C=O) groups excluding carboxylic acids is 4. The number of hydrogen-bond acceptors (Lipinski definition) is 11. The number of benzene rings is 2. The molecular weight excluding hydrogens is 628 g/mol. The zero-order valence-corrected chi connectivity index (χ0v) is 27.5. The number of non-ortho nitro benzene ring substituents is 1. The monoisotopic (exact) mass is 664 g/mol. The Morgan fingerprint density at radius 2 is 1.96 bits per heavy atom. The fourth-order valence-corrected chi connectivity index (χ4v) is 7.17. The first-order chi connectivity index (χ1) is 22.3. The highest BCUT2D eigenvalue weighted by atomic mass is 32.2. The second kappa shape index (κ2) is 13.6. The van der Waals surface area contributed by atoms with E-state index in [1.165, 1.54) is 29.1 Å². The highest BCUT2D eigenvalue weighted by Gasteiger charge is 2.53. The Kier molecular flexibility index (Phi) is 9.73. The van der Waals surface area contributed by atoms with Gasteiger partial charge in [-0.2, -0.15) is 0 Å². The van der Waals surface area contributed by atoms with E-state index in [-0.39, 0.29) is 46.8 Å². The van der Waals surface area contributed by atoms with E-state index < -0.39 is 17.5 Å². The summed E-state index contributed by atoms with van der Waals surface area (Å²) in [6, 6.07) is 10.4. The molecule has 3 aliphatic rings. The van der Waals surface area contributed by atoms with Crippen LogP contribution in [0.25, 0.3) is 22.2 Å². The summed E-state index contributed by atoms with van der Waals surface area (Å²) >= 11 is 1.53. The highest BCUT2D eigenvalue weighted by molar-refractivity contribution is 8.00. The summed E-state index contributed by atoms with van der Waals surface area (Å²) in [4.78, 5) is 61.7. The van der Waals surface area contributed by atoms with Gasteiger partial charge < -0.3 is 24.5 Å². The molecule has 2 N–H and O–H groups in total. The third kappa shape index (κ3) is 7.03. The van der Waals surface area contributed by atoms with Crippen molar-refractivity contribution < 1.29 is 38.3 Å². The van der Waals surface area contributed by atoms with E-state index >= 15 is 0 Å². The van der Waals surface area contributed by atoms with Gasteiger partial charge in [-0.25, -0.2) is 4.79 Å². The zero-order chi connectivity index (χ0) is 34.0. The molecule has 2 atom stereocenters. The molecule has 1 fully saturated rings. The molecule has 1 aromatic heterocycles. The number of aldehydes is 1. The molecule has 1 aliphatic carbocycles. The van der Waals surface area contributed by atoms with Gasteiger partial charge in [0.1, 0.15) is 41.7 Å². The number of carbonyl (C=O) groups is 4. The fourth-order valence-electron chi connectivity index (χ4n) is 5.78. The number of aromatic nitrogens is 1. The molecule has 0 bridgehead atoms. The number of amides is 1. The van der Waals surface area contributed by atoms with Gasteiger partial charge in [0, 0.05) is 47.0 Å². The van der Waals surface area contributed by atoms with Crippen molar-refractivity contribution in [3.63, 3.8) is 0 Å². The Balaban J connectivity index is 0.000000185. The Morgan fingerprint density at radius 1 is 1.19 bits per heavy atom. The zero-order valence-electron chi connectivity index (χ0n) is 26.7. The topological polar surface area (TPSA) is 170 Å². The van der Waals surface area contributed by atoms with E-state index in [9.17, 15) is 29.3 Å². The number of likely N-dealkylation sites (N-methyl/N-ethyl adjacent to an activating group) is 1. The Bertz CT molecular complexity index is 1790. The smallest absolute Gasteiger partial charge is 0.355 e. The first-order valence-electron chi connectivity index (χ1n) is 15.0. The summed E-state index contributed by atoms with van der Waals surface area (Å²) in [5.41, 5.74) is 5.41. The minimum Gasteiger partial charge on any atom is -0.486 e. The van der Waals surface area contributed by atoms with Crippen LogP contribution >= 0.6 is 11.8 Å². The van der Waals surface area contributed by atoms with E-state index in [0.29, 0.717) is 17.1 Å². The first kappa shape index (κ1) is 33.7. The number of nitro groups is 1. The van der Waals surface area contributed by atoms with Crippen LogP contribution in [0, 0.1) is 10.1 Å². The maximum Gasteiger partial charge on any atom is 0.355 e. The summed E-state index contributed by atoms with van der Waals surface area (Å²) < 4.78 is 15.8. The minimum atomic E-state index is -0.674. The lowest BCUT2D eigenvalue weighted by Gasteiger charge is -2.49. The largest absolute Gasteiger partial charge is 0.486 e. The molecule has 2 unspecified atom stereocenters. The number of aromatic amines is 1. The number of aryl methyl sites for hydroxylation is 2. The molecule has 3 aromatic rings. The number of thioether (sulfide) groups is 1. The summed E-state index contributed by atoms with van der Waals surface area (Å²) in [7, 11) is 1.71. The fraction of sp³-hybridized carbons (Fsp3) is 0.394. The maximum absolute atomic E-state index is 12.6. The van der Waals surface area contributed by atoms with Gasteiger partial charge >= 0.3 is 11.9 Å². The predicted molar refractivity (Wildman–Crippen MR) is 175 cm³/mol. The molecule has 47 heavy (non-hydrogen) atoms. The van der Waals surface area contributed by atoms with Crippen LogP contribution in [0.3, 0.4) is 0 Å². The first-order valence-corrected chi connectivity index (χ1v) is 16.1. The van der Waals surface area contributed by atoms with Crippen molar-refractivity contribution in [1.29, 1.82) is 0 Å². The number of nitro benzene ring substituents is 1. The lowest BCUT2D eigenvalue weighted by molar-refractivity contribution is -0.384. The van der Waals surface area contributed by atoms with Crippen LogP contribution in [-0.4, -0.2) is 82.0 Å². The molecule has 0 radical (unpaired) electrons. The van der Waals surface area contributed by atoms with Gasteiger partial charge in [0.25, 0.3) is 5.69 Å². The number of nitrogens with one attached hydrogen (secondary N) is 2. The van der Waals surface area contributed by atoms with Crippen LogP contribution < -0.4 is 10.1 Å². The van der Waals surface area contributed by atoms with Crippen molar-refractivity contribution in [1.82, 2.24) is 15.2 Å². The van der Waals surface area contributed by atoms with E-state index in [4.69, 9.17) is 14.2 Å². The second-order valence-electron chi connectivity index (χ2n) is 12.2. The average molecular weight is 665 g/mol. The summed E-state index contributed by atoms with van der Waals surface area (Å²) in [5.74, 6) is 0.0140. The van der Waals surface area contributed by atoms with Crippen LogP contribution in [-0.2, 0) is 41.5 Å². The Hall–Kier alpha value is -4.69. The molecule has 1 saturated heterocycles. The lowest BCUT2D eigenvalue weighted by atomic mass is 9.89. The Labute approximate surface area is 275 Å². The molecule has 1 amide bonds. The molecule has 0 saturated carbocycles. The lowest BCUT2D eigenvalue weighted by Crippen LogP contribution is -2.69. The van der Waals surface area contributed by atoms with Crippen LogP contribution in [0.4, 0.5) is 5.69 Å². The maximum atomic E-state index is 12.6. The van der Waals surface area contributed by atoms with Crippen molar-refractivity contribution >= 4 is 52.5 Å². The summed E-state index contributed by atoms with van der Waals surface area (Å²) in [6.45, 7) is 6.62. The number of H-pyrrole nitrogens is 1. The number of β-lactam (4-membered cyclic amide) rings is 1. The Morgan fingerprint density at radius 3 is 2.62 bits per heavy atom. The van der Waals surface area contributed by atoms with Crippen molar-refractivity contribution in [2.24, 2.45) is 0 Å². The quantitative estimate of drug-likeness (QED) is 0.117. The van der Waals surface area contributed by atoms with Gasteiger partial charge in [-0.15, -0.1) is 11.8 Å². The third-order valence-corrected chi connectivity index (χ3v) is 9.15. The molecule has 248 valence electrons. The summed E-state index contributed by atoms with van der Waals surface area (Å²) in [6.07, 6.45) is 2.45. The van der Waals surface area contributed by atoms with Gasteiger partial charge in [-0.1, -0.05) is 0 Å². The van der Waals surface area contributed by atoms with Crippen LogP contribution in [0.15, 0.2) is 47.7 Å². The number of esters is 2. The molecular formula is C33H36N4O9S. The van der Waals surface area contributed by atoms with Crippen LogP contribution in [0.5, 0.6) is 5.75 Å². The molecule has 2 aromatic carbocycles. The van der Waals surface area contributed by atoms with E-state index in [2.05, 4.69) is 10.3 Å². The number of rotatable bonds is 8. The standard InChI is InChI=1S/C18H14N2O4.C15H22N2O5S/c21-7-8-24-13-3-6-14-11(9-13)1-4-16-15-5-2-12(20(22)23)10-17(15)19-18(14)16;1-8(18)21-6-9-7-23-13-10(16-5)12(19)17(13)11(9)14(20)22-15(2,3)4/h2-3,5-7,9-10,19H,1,4,8H2;10,13,16H,6-7H2,1-5H3.